The maximum atomic E-state index is 5.68. The molecule has 2 saturated carbocycles. The van der Waals surface area contributed by atoms with Gasteiger partial charge in [0.1, 0.15) is 5.82 Å². The quantitative estimate of drug-likeness (QED) is 0.823. The molecule has 1 aromatic heterocycles. The highest BCUT2D eigenvalue weighted by atomic mass is 15.1. The summed E-state index contributed by atoms with van der Waals surface area (Å²) >= 11 is 0. The lowest BCUT2D eigenvalue weighted by molar-refractivity contribution is 0.592. The summed E-state index contributed by atoms with van der Waals surface area (Å²) < 4.78 is 2.41. The smallest absolute Gasteiger partial charge is 0.112 e. The summed E-state index contributed by atoms with van der Waals surface area (Å²) in [5.74, 6) is 2.04. The van der Waals surface area contributed by atoms with Gasteiger partial charge in [-0.05, 0) is 25.7 Å². The number of nitrogens with two attached hydrogens (primary N) is 1. The number of hydrogen-bond donors (Lipinski definition) is 1. The van der Waals surface area contributed by atoms with Gasteiger partial charge in [-0.2, -0.15) is 0 Å². The summed E-state index contributed by atoms with van der Waals surface area (Å²) in [6.07, 6.45) is 10.3. The molecular weight excluding hydrogens is 186 g/mol. The zero-order valence-corrected chi connectivity index (χ0v) is 9.15. The van der Waals surface area contributed by atoms with Gasteiger partial charge in [-0.1, -0.05) is 12.8 Å². The molecule has 1 aromatic rings. The molecule has 0 amide bonds. The normalized spacial score (nSPS) is 22.5. The highest BCUT2D eigenvalue weighted by Gasteiger charge is 2.30. The highest BCUT2D eigenvalue weighted by Crippen LogP contribution is 2.41. The van der Waals surface area contributed by atoms with Crippen molar-refractivity contribution in [1.82, 2.24) is 9.55 Å². The third kappa shape index (κ3) is 1.69. The van der Waals surface area contributed by atoms with E-state index in [1.807, 2.05) is 0 Å². The summed E-state index contributed by atoms with van der Waals surface area (Å²) in [7, 11) is 0. The average Bonchev–Trinajstić information content (AvgIpc) is 2.83. The molecule has 0 aliphatic heterocycles. The lowest BCUT2D eigenvalue weighted by Crippen LogP contribution is -2.04. The van der Waals surface area contributed by atoms with Gasteiger partial charge in [0.25, 0.3) is 0 Å². The van der Waals surface area contributed by atoms with E-state index in [1.54, 1.807) is 0 Å². The van der Waals surface area contributed by atoms with E-state index in [0.29, 0.717) is 12.5 Å². The minimum atomic E-state index is 0.583. The van der Waals surface area contributed by atoms with E-state index < -0.39 is 0 Å². The van der Waals surface area contributed by atoms with Crippen molar-refractivity contribution < 1.29 is 0 Å². The molecule has 1 heterocycles. The first-order valence-electron chi connectivity index (χ1n) is 6.16. The topological polar surface area (TPSA) is 43.8 Å². The fourth-order valence-electron chi connectivity index (χ4n) is 2.69. The minimum absolute atomic E-state index is 0.583. The van der Waals surface area contributed by atoms with Crippen LogP contribution in [0, 0.1) is 0 Å². The molecular formula is C12H19N3. The molecule has 3 nitrogen and oxygen atoms in total. The van der Waals surface area contributed by atoms with Crippen LogP contribution in [0.3, 0.4) is 0 Å². The maximum absolute atomic E-state index is 5.68. The summed E-state index contributed by atoms with van der Waals surface area (Å²) in [6.45, 7) is 0.583. The predicted molar refractivity (Wildman–Crippen MR) is 59.6 cm³/mol. The van der Waals surface area contributed by atoms with Gasteiger partial charge in [0.2, 0.25) is 0 Å². The van der Waals surface area contributed by atoms with E-state index in [-0.39, 0.29) is 0 Å². The molecule has 3 rings (SSSR count). The van der Waals surface area contributed by atoms with Crippen LogP contribution in [0.1, 0.15) is 62.0 Å². The lowest BCUT2D eigenvalue weighted by atomic mass is 10.1. The molecule has 0 saturated heterocycles. The van der Waals surface area contributed by atoms with E-state index in [2.05, 4.69) is 10.8 Å². The van der Waals surface area contributed by atoms with Crippen LogP contribution in [0.5, 0.6) is 0 Å². The molecule has 2 aliphatic carbocycles. The number of imidazole rings is 1. The summed E-state index contributed by atoms with van der Waals surface area (Å²) in [4.78, 5) is 4.71. The Morgan fingerprint density at radius 1 is 1.27 bits per heavy atom. The van der Waals surface area contributed by atoms with Gasteiger partial charge < -0.3 is 10.3 Å². The Hall–Kier alpha value is -0.830. The van der Waals surface area contributed by atoms with Crippen LogP contribution < -0.4 is 5.73 Å². The van der Waals surface area contributed by atoms with Crippen molar-refractivity contribution in [1.29, 1.82) is 0 Å². The van der Waals surface area contributed by atoms with Gasteiger partial charge in [-0.25, -0.2) is 4.98 Å². The largest absolute Gasteiger partial charge is 0.331 e. The minimum Gasteiger partial charge on any atom is -0.331 e. The second-order valence-corrected chi connectivity index (χ2v) is 4.91. The fourth-order valence-corrected chi connectivity index (χ4v) is 2.69. The molecule has 2 fully saturated rings. The molecule has 0 spiro atoms. The van der Waals surface area contributed by atoms with Gasteiger partial charge >= 0.3 is 0 Å². The van der Waals surface area contributed by atoms with Gasteiger partial charge in [-0.3, -0.25) is 0 Å². The molecule has 15 heavy (non-hydrogen) atoms. The van der Waals surface area contributed by atoms with Crippen molar-refractivity contribution in [2.45, 2.75) is 57.0 Å². The second kappa shape index (κ2) is 3.63. The van der Waals surface area contributed by atoms with Crippen molar-refractivity contribution in [3.05, 3.63) is 17.7 Å². The van der Waals surface area contributed by atoms with Gasteiger partial charge in [0, 0.05) is 24.7 Å². The molecule has 0 aromatic carbocycles. The van der Waals surface area contributed by atoms with Gasteiger partial charge in [0.05, 0.1) is 5.69 Å². The van der Waals surface area contributed by atoms with Gasteiger partial charge in [0.15, 0.2) is 0 Å². The third-order valence-electron chi connectivity index (χ3n) is 3.68. The van der Waals surface area contributed by atoms with Crippen molar-refractivity contribution in [2.24, 2.45) is 5.73 Å². The van der Waals surface area contributed by atoms with Crippen LogP contribution in [0.25, 0.3) is 0 Å². The van der Waals surface area contributed by atoms with Crippen molar-refractivity contribution >= 4 is 0 Å². The summed E-state index contributed by atoms with van der Waals surface area (Å²) in [5, 5.41) is 0. The number of rotatable bonds is 3. The molecule has 0 bridgehead atoms. The van der Waals surface area contributed by atoms with Crippen molar-refractivity contribution in [2.75, 3.05) is 0 Å². The Balaban J connectivity index is 1.92. The SMILES string of the molecule is NCc1cn(C2CC2)c(C2CCCC2)n1. The highest BCUT2D eigenvalue weighted by molar-refractivity contribution is 5.12. The Labute approximate surface area is 90.7 Å². The molecule has 3 heteroatoms. The molecule has 2 aliphatic rings. The Kier molecular flexibility index (Phi) is 2.28. The van der Waals surface area contributed by atoms with Gasteiger partial charge in [-0.15, -0.1) is 0 Å². The monoisotopic (exact) mass is 205 g/mol. The number of nitrogens with zero attached hydrogens (tertiary/aromatic N) is 2. The molecule has 2 N–H and O–H groups in total. The first-order chi connectivity index (χ1) is 7.38. The summed E-state index contributed by atoms with van der Waals surface area (Å²) in [5.41, 5.74) is 6.75. The number of hydrogen-bond acceptors (Lipinski definition) is 2. The first-order valence-corrected chi connectivity index (χ1v) is 6.16. The van der Waals surface area contributed by atoms with E-state index in [0.717, 1.165) is 11.7 Å². The second-order valence-electron chi connectivity index (χ2n) is 4.91. The zero-order valence-electron chi connectivity index (χ0n) is 9.15. The van der Waals surface area contributed by atoms with Crippen molar-refractivity contribution in [3.63, 3.8) is 0 Å². The van der Waals surface area contributed by atoms with Crippen LogP contribution >= 0.6 is 0 Å². The standard InChI is InChI=1S/C12H19N3/c13-7-10-8-15(11-5-6-11)12(14-10)9-3-1-2-4-9/h8-9,11H,1-7,13H2. The number of aromatic nitrogens is 2. The van der Waals surface area contributed by atoms with E-state index >= 15 is 0 Å². The summed E-state index contributed by atoms with van der Waals surface area (Å²) in [6, 6.07) is 0.744. The maximum Gasteiger partial charge on any atom is 0.112 e. The Bertz CT molecular complexity index is 346. The fraction of sp³-hybridized carbons (Fsp3) is 0.750. The van der Waals surface area contributed by atoms with E-state index in [9.17, 15) is 0 Å². The van der Waals surface area contributed by atoms with Crippen LogP contribution in [-0.4, -0.2) is 9.55 Å². The van der Waals surface area contributed by atoms with E-state index in [4.69, 9.17) is 10.7 Å². The Morgan fingerprint density at radius 3 is 2.60 bits per heavy atom. The molecule has 0 atom stereocenters. The zero-order chi connectivity index (χ0) is 10.3. The lowest BCUT2D eigenvalue weighted by Gasteiger charge is -2.11. The molecule has 82 valence electrons. The predicted octanol–water partition coefficient (Wildman–Crippen LogP) is 2.33. The first kappa shape index (κ1) is 9.40. The van der Waals surface area contributed by atoms with Crippen LogP contribution in [0.15, 0.2) is 6.20 Å². The van der Waals surface area contributed by atoms with Crippen LogP contribution in [-0.2, 0) is 6.54 Å². The molecule has 0 unspecified atom stereocenters. The van der Waals surface area contributed by atoms with Crippen LogP contribution in [0.2, 0.25) is 0 Å². The average molecular weight is 205 g/mol. The Morgan fingerprint density at radius 2 is 2.00 bits per heavy atom. The third-order valence-corrected chi connectivity index (χ3v) is 3.68. The van der Waals surface area contributed by atoms with Crippen LogP contribution in [0.4, 0.5) is 0 Å². The van der Waals surface area contributed by atoms with E-state index in [1.165, 1.54) is 44.3 Å². The molecule has 0 radical (unpaired) electrons. The van der Waals surface area contributed by atoms with Crippen molar-refractivity contribution in [3.8, 4) is 0 Å².